The summed E-state index contributed by atoms with van der Waals surface area (Å²) >= 11 is 0. The Morgan fingerprint density at radius 1 is 1.07 bits per heavy atom. The van der Waals surface area contributed by atoms with Crippen LogP contribution >= 0.6 is 0 Å². The molecule has 2 aromatic carbocycles. The molecule has 2 heterocycles. The van der Waals surface area contributed by atoms with E-state index in [2.05, 4.69) is 15.4 Å². The summed E-state index contributed by atoms with van der Waals surface area (Å²) in [5, 5.41) is 7.00. The molecule has 0 fully saturated rings. The van der Waals surface area contributed by atoms with Crippen LogP contribution in [0.4, 0.5) is 10.1 Å². The Morgan fingerprint density at radius 2 is 1.81 bits per heavy atom. The van der Waals surface area contributed by atoms with Gasteiger partial charge in [0.15, 0.2) is 11.6 Å². The third-order valence-electron chi connectivity index (χ3n) is 3.93. The number of carbonyl (C=O) groups is 1. The van der Waals surface area contributed by atoms with E-state index in [9.17, 15) is 9.18 Å². The van der Waals surface area contributed by atoms with Gasteiger partial charge in [0.25, 0.3) is 5.91 Å². The number of aromatic nitrogens is 3. The van der Waals surface area contributed by atoms with Gasteiger partial charge in [0.1, 0.15) is 5.82 Å². The highest BCUT2D eigenvalue weighted by Gasteiger charge is 2.20. The minimum Gasteiger partial charge on any atom is -0.461 e. The molecule has 4 aromatic rings. The molecule has 0 atom stereocenters. The highest BCUT2D eigenvalue weighted by molar-refractivity contribution is 6.01. The first-order chi connectivity index (χ1) is 13.1. The third-order valence-corrected chi connectivity index (χ3v) is 3.93. The summed E-state index contributed by atoms with van der Waals surface area (Å²) in [5.74, 6) is -0.00142. The number of rotatable bonds is 4. The minimum absolute atomic E-state index is 0.0219. The van der Waals surface area contributed by atoms with Gasteiger partial charge in [-0.2, -0.15) is 4.98 Å². The lowest BCUT2D eigenvalue weighted by Gasteiger charge is -2.04. The first kappa shape index (κ1) is 16.7. The topological polar surface area (TPSA) is 73.0 Å². The van der Waals surface area contributed by atoms with Gasteiger partial charge in [-0.15, -0.1) is 5.10 Å². The van der Waals surface area contributed by atoms with E-state index < -0.39 is 5.91 Å². The van der Waals surface area contributed by atoms with Crippen molar-refractivity contribution in [1.29, 1.82) is 0 Å². The normalized spacial score (nSPS) is 10.7. The Kier molecular flexibility index (Phi) is 4.25. The van der Waals surface area contributed by atoms with E-state index in [4.69, 9.17) is 4.42 Å². The van der Waals surface area contributed by atoms with Crippen molar-refractivity contribution in [2.45, 2.75) is 6.92 Å². The average Bonchev–Trinajstić information content (AvgIpc) is 3.33. The summed E-state index contributed by atoms with van der Waals surface area (Å²) < 4.78 is 20.0. The maximum atomic E-state index is 13.0. The van der Waals surface area contributed by atoms with Crippen molar-refractivity contribution in [2.24, 2.45) is 0 Å². The monoisotopic (exact) mass is 362 g/mol. The van der Waals surface area contributed by atoms with Crippen LogP contribution in [0.2, 0.25) is 0 Å². The minimum atomic E-state index is -0.500. The molecule has 0 unspecified atom stereocenters. The van der Waals surface area contributed by atoms with E-state index in [0.717, 1.165) is 11.3 Å². The molecule has 1 amide bonds. The van der Waals surface area contributed by atoms with Crippen molar-refractivity contribution >= 4 is 11.6 Å². The molecule has 0 spiro atoms. The lowest BCUT2D eigenvalue weighted by Crippen LogP contribution is -2.14. The van der Waals surface area contributed by atoms with Crippen LogP contribution < -0.4 is 5.32 Å². The Bertz CT molecular complexity index is 1070. The number of nitrogens with one attached hydrogen (secondary N) is 1. The maximum Gasteiger partial charge on any atom is 0.295 e. The molecule has 0 saturated heterocycles. The van der Waals surface area contributed by atoms with Crippen LogP contribution in [0.15, 0.2) is 71.3 Å². The number of halogens is 1. The second-order valence-electron chi connectivity index (χ2n) is 5.94. The second kappa shape index (κ2) is 6.87. The number of hydrogen-bond acceptors (Lipinski definition) is 4. The summed E-state index contributed by atoms with van der Waals surface area (Å²) in [6, 6.07) is 16.6. The molecule has 27 heavy (non-hydrogen) atoms. The maximum absolute atomic E-state index is 13.0. The van der Waals surface area contributed by atoms with E-state index in [1.165, 1.54) is 30.5 Å². The van der Waals surface area contributed by atoms with Gasteiger partial charge in [-0.3, -0.25) is 4.79 Å². The highest BCUT2D eigenvalue weighted by atomic mass is 19.1. The molecule has 0 aliphatic carbocycles. The quantitative estimate of drug-likeness (QED) is 0.590. The first-order valence-electron chi connectivity index (χ1n) is 8.25. The SMILES string of the molecule is Cc1ccc(-n2nc(C(=O)Nc3ccc(F)cc3)nc2-c2ccco2)cc1. The van der Waals surface area contributed by atoms with Crippen molar-refractivity contribution < 1.29 is 13.6 Å². The Labute approximate surface area is 154 Å². The van der Waals surface area contributed by atoms with E-state index in [0.29, 0.717) is 17.3 Å². The number of aryl methyl sites for hydroxylation is 1. The molecule has 6 nitrogen and oxygen atoms in total. The highest BCUT2D eigenvalue weighted by Crippen LogP contribution is 2.22. The van der Waals surface area contributed by atoms with Crippen molar-refractivity contribution in [3.63, 3.8) is 0 Å². The van der Waals surface area contributed by atoms with Gasteiger partial charge >= 0.3 is 0 Å². The second-order valence-corrected chi connectivity index (χ2v) is 5.94. The zero-order chi connectivity index (χ0) is 18.8. The van der Waals surface area contributed by atoms with Crippen molar-refractivity contribution in [3.8, 4) is 17.3 Å². The molecule has 0 radical (unpaired) electrons. The number of furan rings is 1. The smallest absolute Gasteiger partial charge is 0.295 e. The van der Waals surface area contributed by atoms with Crippen molar-refractivity contribution in [1.82, 2.24) is 14.8 Å². The van der Waals surface area contributed by atoms with Crippen LogP contribution in [-0.4, -0.2) is 20.7 Å². The van der Waals surface area contributed by atoms with E-state index >= 15 is 0 Å². The molecule has 7 heteroatoms. The number of anilines is 1. The van der Waals surface area contributed by atoms with Crippen LogP contribution in [0.25, 0.3) is 17.3 Å². The van der Waals surface area contributed by atoms with E-state index in [-0.39, 0.29) is 11.6 Å². The van der Waals surface area contributed by atoms with Gasteiger partial charge in [0.2, 0.25) is 5.82 Å². The summed E-state index contributed by atoms with van der Waals surface area (Å²) in [5.41, 5.74) is 2.31. The molecule has 0 aliphatic heterocycles. The van der Waals surface area contributed by atoms with Crippen LogP contribution in [0.3, 0.4) is 0 Å². The Balaban J connectivity index is 1.71. The third kappa shape index (κ3) is 3.48. The first-order valence-corrected chi connectivity index (χ1v) is 8.25. The predicted molar refractivity (Wildman–Crippen MR) is 98.2 cm³/mol. The molecule has 134 valence electrons. The molecule has 0 aliphatic rings. The fraction of sp³-hybridized carbons (Fsp3) is 0.0500. The molecule has 2 aromatic heterocycles. The number of carbonyl (C=O) groups excluding carboxylic acids is 1. The Morgan fingerprint density at radius 3 is 2.48 bits per heavy atom. The number of nitrogens with zero attached hydrogens (tertiary/aromatic N) is 3. The molecule has 0 saturated carbocycles. The number of amides is 1. The van der Waals surface area contributed by atoms with Crippen LogP contribution in [0, 0.1) is 12.7 Å². The van der Waals surface area contributed by atoms with Crippen molar-refractivity contribution in [3.05, 3.63) is 84.1 Å². The summed E-state index contributed by atoms with van der Waals surface area (Å²) in [6.45, 7) is 1.99. The molecule has 4 rings (SSSR count). The molecular formula is C20H15FN4O2. The lowest BCUT2D eigenvalue weighted by atomic mass is 10.2. The average molecular weight is 362 g/mol. The van der Waals surface area contributed by atoms with Gasteiger partial charge in [-0.05, 0) is 55.5 Å². The molecule has 0 bridgehead atoms. The fourth-order valence-electron chi connectivity index (χ4n) is 2.56. The van der Waals surface area contributed by atoms with E-state index in [1.54, 1.807) is 16.8 Å². The summed E-state index contributed by atoms with van der Waals surface area (Å²) in [6.07, 6.45) is 1.53. The van der Waals surface area contributed by atoms with Crippen molar-refractivity contribution in [2.75, 3.05) is 5.32 Å². The van der Waals surface area contributed by atoms with Crippen LogP contribution in [-0.2, 0) is 0 Å². The van der Waals surface area contributed by atoms with Gasteiger partial charge in [-0.1, -0.05) is 17.7 Å². The zero-order valence-corrected chi connectivity index (χ0v) is 14.4. The van der Waals surface area contributed by atoms with Gasteiger partial charge < -0.3 is 9.73 Å². The van der Waals surface area contributed by atoms with Gasteiger partial charge in [-0.25, -0.2) is 9.07 Å². The van der Waals surface area contributed by atoms with Gasteiger partial charge in [0.05, 0.1) is 12.0 Å². The fourth-order valence-corrected chi connectivity index (χ4v) is 2.56. The Hall–Kier alpha value is -3.74. The van der Waals surface area contributed by atoms with Crippen LogP contribution in [0.5, 0.6) is 0 Å². The number of benzene rings is 2. The van der Waals surface area contributed by atoms with Gasteiger partial charge in [0, 0.05) is 5.69 Å². The molecule has 1 N–H and O–H groups in total. The zero-order valence-electron chi connectivity index (χ0n) is 14.4. The summed E-state index contributed by atoms with van der Waals surface area (Å²) in [4.78, 5) is 16.9. The largest absolute Gasteiger partial charge is 0.461 e. The number of hydrogen-bond donors (Lipinski definition) is 1. The summed E-state index contributed by atoms with van der Waals surface area (Å²) in [7, 11) is 0. The predicted octanol–water partition coefficient (Wildman–Crippen LogP) is 4.23. The lowest BCUT2D eigenvalue weighted by molar-refractivity contribution is 0.101. The standard InChI is InChI=1S/C20H15FN4O2/c1-13-4-10-16(11-5-13)25-19(17-3-2-12-27-17)23-18(24-25)20(26)22-15-8-6-14(21)7-9-15/h2-12H,1H3,(H,22,26). The van der Waals surface area contributed by atoms with Crippen LogP contribution in [0.1, 0.15) is 16.2 Å². The molecular weight excluding hydrogens is 347 g/mol. The van der Waals surface area contributed by atoms with E-state index in [1.807, 2.05) is 31.2 Å².